The smallest absolute Gasteiger partial charge is 0.257 e. The summed E-state index contributed by atoms with van der Waals surface area (Å²) in [5.74, 6) is 1.27. The number of hydrogen-bond donors (Lipinski definition) is 0. The molecule has 180 valence electrons. The van der Waals surface area contributed by atoms with Crippen molar-refractivity contribution in [3.05, 3.63) is 64.7 Å². The number of benzene rings is 2. The van der Waals surface area contributed by atoms with E-state index in [1.165, 1.54) is 0 Å². The van der Waals surface area contributed by atoms with Gasteiger partial charge in [0, 0.05) is 42.8 Å². The molecule has 0 atom stereocenters. The molecule has 0 aliphatic carbocycles. The summed E-state index contributed by atoms with van der Waals surface area (Å²) in [6.45, 7) is 5.31. The topological polar surface area (TPSA) is 59.1 Å². The van der Waals surface area contributed by atoms with Gasteiger partial charge in [0.25, 0.3) is 5.91 Å². The summed E-state index contributed by atoms with van der Waals surface area (Å²) in [4.78, 5) is 29.8. The number of piperidine rings is 1. The van der Waals surface area contributed by atoms with Gasteiger partial charge in [-0.3, -0.25) is 9.59 Å². The molecule has 2 aliphatic heterocycles. The van der Waals surface area contributed by atoms with E-state index < -0.39 is 0 Å². The highest BCUT2D eigenvalue weighted by atomic mass is 35.5. The first kappa shape index (κ1) is 24.1. The van der Waals surface area contributed by atoms with Crippen molar-refractivity contribution in [3.8, 4) is 11.5 Å². The highest BCUT2D eigenvalue weighted by Crippen LogP contribution is 2.41. The summed E-state index contributed by atoms with van der Waals surface area (Å²) in [5, 5.41) is 0.516. The van der Waals surface area contributed by atoms with Crippen LogP contribution in [0, 0.1) is 5.41 Å². The molecule has 7 heteroatoms. The number of hydrogen-bond acceptors (Lipinski definition) is 4. The summed E-state index contributed by atoms with van der Waals surface area (Å²) < 4.78 is 11.0. The van der Waals surface area contributed by atoms with E-state index in [0.29, 0.717) is 49.1 Å². The third kappa shape index (κ3) is 5.22. The van der Waals surface area contributed by atoms with Crippen molar-refractivity contribution in [2.24, 2.45) is 5.41 Å². The molecule has 2 heterocycles. The zero-order valence-electron chi connectivity index (χ0n) is 19.8. The fraction of sp³-hybridized carbons (Fsp3) is 0.407. The number of carbonyl (C=O) groups is 2. The Labute approximate surface area is 206 Å². The van der Waals surface area contributed by atoms with E-state index in [4.69, 9.17) is 21.1 Å². The molecule has 4 rings (SSSR count). The van der Waals surface area contributed by atoms with Gasteiger partial charge in [-0.2, -0.15) is 0 Å². The molecule has 2 aromatic rings. The summed E-state index contributed by atoms with van der Waals surface area (Å²) in [6.07, 6.45) is 6.18. The maximum Gasteiger partial charge on any atom is 0.257 e. The van der Waals surface area contributed by atoms with E-state index >= 15 is 0 Å². The van der Waals surface area contributed by atoms with Gasteiger partial charge in [-0.05, 0) is 61.9 Å². The fourth-order valence-electron chi connectivity index (χ4n) is 4.91. The number of ether oxygens (including phenoxy) is 2. The highest BCUT2D eigenvalue weighted by molar-refractivity contribution is 6.31. The van der Waals surface area contributed by atoms with Gasteiger partial charge in [-0.15, -0.1) is 0 Å². The first-order chi connectivity index (χ1) is 16.4. The second-order valence-corrected chi connectivity index (χ2v) is 9.39. The molecule has 2 fully saturated rings. The lowest BCUT2D eigenvalue weighted by atomic mass is 9.77. The Morgan fingerprint density at radius 2 is 1.74 bits per heavy atom. The highest BCUT2D eigenvalue weighted by Gasteiger charge is 2.43. The number of amides is 2. The zero-order chi connectivity index (χ0) is 24.1. The van der Waals surface area contributed by atoms with Gasteiger partial charge in [-0.25, -0.2) is 0 Å². The van der Waals surface area contributed by atoms with Gasteiger partial charge >= 0.3 is 0 Å². The van der Waals surface area contributed by atoms with Crippen molar-refractivity contribution >= 4 is 29.5 Å². The van der Waals surface area contributed by atoms with Crippen LogP contribution in [0.4, 0.5) is 0 Å². The standard InChI is InChI=1S/C27H31ClN2O4/c1-3-34-23-7-5-4-6-20(23)8-11-25(31)29-15-12-27(13-16-29)14-17-30(19-27)26(32)22-18-21(28)9-10-24(22)33-2/h4-11,18H,3,12-17,19H2,1-2H3. The Balaban J connectivity index is 1.35. The number of nitrogens with zero attached hydrogens (tertiary/aromatic N) is 2. The number of rotatable bonds is 6. The average molecular weight is 483 g/mol. The van der Waals surface area contributed by atoms with Crippen molar-refractivity contribution in [3.63, 3.8) is 0 Å². The molecule has 0 bridgehead atoms. The molecule has 0 N–H and O–H groups in total. The summed E-state index contributed by atoms with van der Waals surface area (Å²) in [7, 11) is 1.56. The molecule has 0 radical (unpaired) electrons. The Morgan fingerprint density at radius 1 is 1.03 bits per heavy atom. The van der Waals surface area contributed by atoms with Crippen molar-refractivity contribution < 1.29 is 19.1 Å². The van der Waals surface area contributed by atoms with Gasteiger partial charge in [0.1, 0.15) is 11.5 Å². The number of methoxy groups -OCH3 is 1. The van der Waals surface area contributed by atoms with E-state index in [0.717, 1.165) is 30.6 Å². The van der Waals surface area contributed by atoms with E-state index in [2.05, 4.69) is 0 Å². The molecule has 2 amide bonds. The second kappa shape index (κ2) is 10.5. The Hall–Kier alpha value is -2.99. The van der Waals surface area contributed by atoms with Crippen LogP contribution in [0.15, 0.2) is 48.5 Å². The number of carbonyl (C=O) groups excluding carboxylic acids is 2. The first-order valence-corrected chi connectivity index (χ1v) is 12.1. The molecule has 0 aromatic heterocycles. The molecule has 2 aromatic carbocycles. The molecule has 0 unspecified atom stereocenters. The van der Waals surface area contributed by atoms with Crippen LogP contribution in [0.25, 0.3) is 6.08 Å². The predicted octanol–water partition coefficient (Wildman–Crippen LogP) is 4.92. The van der Waals surface area contributed by atoms with Crippen LogP contribution in [0.1, 0.15) is 42.1 Å². The molecule has 0 saturated carbocycles. The van der Waals surface area contributed by atoms with Gasteiger partial charge < -0.3 is 19.3 Å². The van der Waals surface area contributed by atoms with Crippen LogP contribution in [0.5, 0.6) is 11.5 Å². The third-order valence-corrected chi connectivity index (χ3v) is 7.11. The predicted molar refractivity (Wildman–Crippen MR) is 133 cm³/mol. The zero-order valence-corrected chi connectivity index (χ0v) is 20.5. The van der Waals surface area contributed by atoms with Crippen molar-refractivity contribution in [1.82, 2.24) is 9.80 Å². The summed E-state index contributed by atoms with van der Waals surface area (Å²) in [6, 6.07) is 12.8. The van der Waals surface area contributed by atoms with E-state index in [-0.39, 0.29) is 17.2 Å². The van der Waals surface area contributed by atoms with E-state index in [1.807, 2.05) is 47.1 Å². The van der Waals surface area contributed by atoms with Crippen LogP contribution in [-0.2, 0) is 4.79 Å². The quantitative estimate of drug-likeness (QED) is 0.548. The Morgan fingerprint density at radius 3 is 2.44 bits per heavy atom. The van der Waals surface area contributed by atoms with E-state index in [1.54, 1.807) is 31.4 Å². The summed E-state index contributed by atoms with van der Waals surface area (Å²) in [5.41, 5.74) is 1.45. The lowest BCUT2D eigenvalue weighted by Gasteiger charge is -2.39. The lowest BCUT2D eigenvalue weighted by Crippen LogP contribution is -2.44. The fourth-order valence-corrected chi connectivity index (χ4v) is 5.08. The Bertz CT molecular complexity index is 1080. The van der Waals surface area contributed by atoms with Crippen LogP contribution in [-0.4, -0.2) is 61.5 Å². The molecule has 2 saturated heterocycles. The third-order valence-electron chi connectivity index (χ3n) is 6.88. The maximum atomic E-state index is 13.2. The van der Waals surface area contributed by atoms with Gasteiger partial charge in [-0.1, -0.05) is 29.8 Å². The van der Waals surface area contributed by atoms with Crippen molar-refractivity contribution in [2.75, 3.05) is 39.9 Å². The molecule has 1 spiro atoms. The summed E-state index contributed by atoms with van der Waals surface area (Å²) >= 11 is 6.13. The van der Waals surface area contributed by atoms with Gasteiger partial charge in [0.15, 0.2) is 0 Å². The van der Waals surface area contributed by atoms with Gasteiger partial charge in [0.2, 0.25) is 5.91 Å². The maximum absolute atomic E-state index is 13.2. The van der Waals surface area contributed by atoms with Crippen molar-refractivity contribution in [2.45, 2.75) is 26.2 Å². The van der Waals surface area contributed by atoms with Crippen LogP contribution in [0.2, 0.25) is 5.02 Å². The molecule has 2 aliphatic rings. The second-order valence-electron chi connectivity index (χ2n) is 8.95. The van der Waals surface area contributed by atoms with Crippen LogP contribution in [0.3, 0.4) is 0 Å². The molecule has 34 heavy (non-hydrogen) atoms. The minimum atomic E-state index is -0.0503. The number of para-hydroxylation sites is 1. The minimum absolute atomic E-state index is 0.00995. The normalized spacial score (nSPS) is 17.4. The van der Waals surface area contributed by atoms with Gasteiger partial charge in [0.05, 0.1) is 19.3 Å². The average Bonchev–Trinajstić information content (AvgIpc) is 3.26. The number of likely N-dealkylation sites (tertiary alicyclic amines) is 2. The SMILES string of the molecule is CCOc1ccccc1C=CC(=O)N1CCC2(CC1)CCN(C(=O)c1cc(Cl)ccc1OC)C2. The first-order valence-electron chi connectivity index (χ1n) is 11.8. The van der Waals surface area contributed by atoms with Crippen LogP contribution < -0.4 is 9.47 Å². The van der Waals surface area contributed by atoms with E-state index in [9.17, 15) is 9.59 Å². The largest absolute Gasteiger partial charge is 0.496 e. The molecular weight excluding hydrogens is 452 g/mol. The minimum Gasteiger partial charge on any atom is -0.496 e. The Kier molecular flexibility index (Phi) is 7.47. The van der Waals surface area contributed by atoms with Crippen LogP contribution >= 0.6 is 11.6 Å². The molecular formula is C27H31ClN2O4. The van der Waals surface area contributed by atoms with Crippen molar-refractivity contribution in [1.29, 1.82) is 0 Å². The number of halogens is 1. The lowest BCUT2D eigenvalue weighted by molar-refractivity contribution is -0.128. The molecule has 6 nitrogen and oxygen atoms in total. The monoisotopic (exact) mass is 482 g/mol.